The molecule has 0 bridgehead atoms. The van der Waals surface area contributed by atoms with Crippen LogP contribution in [0.15, 0.2) is 5.51 Å². The van der Waals surface area contributed by atoms with E-state index in [-0.39, 0.29) is 0 Å². The van der Waals surface area contributed by atoms with Gasteiger partial charge in [0.15, 0.2) is 0 Å². The SMILES string of the molecule is CC1CCCCC1c1ncsc1N. The molecule has 3 heteroatoms. The molecule has 2 atom stereocenters. The van der Waals surface area contributed by atoms with E-state index in [1.807, 2.05) is 5.51 Å². The Bertz CT molecular complexity index is 282. The van der Waals surface area contributed by atoms with E-state index < -0.39 is 0 Å². The van der Waals surface area contributed by atoms with Crippen molar-refractivity contribution in [2.24, 2.45) is 5.92 Å². The van der Waals surface area contributed by atoms with Gasteiger partial charge in [0.05, 0.1) is 11.2 Å². The van der Waals surface area contributed by atoms with Crippen LogP contribution in [-0.4, -0.2) is 4.98 Å². The fourth-order valence-electron chi connectivity index (χ4n) is 2.26. The number of nitrogen functional groups attached to an aromatic ring is 1. The lowest BCUT2D eigenvalue weighted by Gasteiger charge is -2.27. The van der Waals surface area contributed by atoms with Gasteiger partial charge >= 0.3 is 0 Å². The van der Waals surface area contributed by atoms with Crippen LogP contribution >= 0.6 is 11.3 Å². The number of anilines is 1. The molecule has 1 aliphatic carbocycles. The number of hydrogen-bond acceptors (Lipinski definition) is 3. The molecule has 0 radical (unpaired) electrons. The average Bonchev–Trinajstić information content (AvgIpc) is 2.52. The van der Waals surface area contributed by atoms with Crippen molar-refractivity contribution < 1.29 is 0 Å². The Kier molecular flexibility index (Phi) is 2.54. The predicted molar refractivity (Wildman–Crippen MR) is 56.9 cm³/mol. The zero-order valence-electron chi connectivity index (χ0n) is 7.99. The third-order valence-electron chi connectivity index (χ3n) is 3.09. The van der Waals surface area contributed by atoms with Crippen molar-refractivity contribution in [2.75, 3.05) is 5.73 Å². The highest BCUT2D eigenvalue weighted by atomic mass is 32.1. The Labute approximate surface area is 83.2 Å². The van der Waals surface area contributed by atoms with Crippen molar-refractivity contribution in [3.63, 3.8) is 0 Å². The molecule has 1 fully saturated rings. The zero-order chi connectivity index (χ0) is 9.26. The van der Waals surface area contributed by atoms with Crippen molar-refractivity contribution in [1.29, 1.82) is 0 Å². The molecule has 2 rings (SSSR count). The third-order valence-corrected chi connectivity index (χ3v) is 3.76. The molecule has 1 aliphatic rings. The predicted octanol–water partition coefficient (Wildman–Crippen LogP) is 3.02. The van der Waals surface area contributed by atoms with E-state index in [1.165, 1.54) is 25.7 Å². The smallest absolute Gasteiger partial charge is 0.109 e. The van der Waals surface area contributed by atoms with Crippen molar-refractivity contribution >= 4 is 16.3 Å². The molecular formula is C10H16N2S. The van der Waals surface area contributed by atoms with Gasteiger partial charge in [-0.2, -0.15) is 0 Å². The van der Waals surface area contributed by atoms with Gasteiger partial charge in [-0.05, 0) is 12.3 Å². The van der Waals surface area contributed by atoms with E-state index in [4.69, 9.17) is 5.73 Å². The minimum Gasteiger partial charge on any atom is -0.389 e. The van der Waals surface area contributed by atoms with Crippen LogP contribution in [0.2, 0.25) is 0 Å². The second-order valence-electron chi connectivity index (χ2n) is 3.97. The van der Waals surface area contributed by atoms with Crippen LogP contribution in [0.4, 0.5) is 5.00 Å². The summed E-state index contributed by atoms with van der Waals surface area (Å²) in [4.78, 5) is 4.38. The van der Waals surface area contributed by atoms with E-state index in [9.17, 15) is 0 Å². The number of aromatic nitrogens is 1. The Morgan fingerprint density at radius 3 is 2.85 bits per heavy atom. The molecule has 1 heterocycles. The Morgan fingerprint density at radius 2 is 2.23 bits per heavy atom. The lowest BCUT2D eigenvalue weighted by atomic mass is 9.79. The first kappa shape index (κ1) is 9.00. The van der Waals surface area contributed by atoms with Gasteiger partial charge in [-0.3, -0.25) is 0 Å². The number of nitrogens with zero attached hydrogens (tertiary/aromatic N) is 1. The van der Waals surface area contributed by atoms with Crippen LogP contribution in [-0.2, 0) is 0 Å². The maximum Gasteiger partial charge on any atom is 0.109 e. The van der Waals surface area contributed by atoms with Gasteiger partial charge in [0.2, 0.25) is 0 Å². The normalized spacial score (nSPS) is 29.0. The highest BCUT2D eigenvalue weighted by Crippen LogP contribution is 2.39. The minimum absolute atomic E-state index is 0.625. The number of nitrogens with two attached hydrogens (primary N) is 1. The summed E-state index contributed by atoms with van der Waals surface area (Å²) in [6.45, 7) is 2.32. The van der Waals surface area contributed by atoms with Crippen LogP contribution < -0.4 is 5.73 Å². The molecule has 0 saturated heterocycles. The molecular weight excluding hydrogens is 180 g/mol. The fraction of sp³-hybridized carbons (Fsp3) is 0.700. The van der Waals surface area contributed by atoms with Crippen LogP contribution in [0, 0.1) is 5.92 Å². The molecule has 13 heavy (non-hydrogen) atoms. The highest BCUT2D eigenvalue weighted by molar-refractivity contribution is 7.13. The molecule has 2 nitrogen and oxygen atoms in total. The van der Waals surface area contributed by atoms with Crippen LogP contribution in [0.1, 0.15) is 44.2 Å². The zero-order valence-corrected chi connectivity index (χ0v) is 8.81. The summed E-state index contributed by atoms with van der Waals surface area (Å²) in [7, 11) is 0. The van der Waals surface area contributed by atoms with Gasteiger partial charge in [-0.1, -0.05) is 26.2 Å². The lowest BCUT2D eigenvalue weighted by molar-refractivity contribution is 0.327. The van der Waals surface area contributed by atoms with E-state index in [2.05, 4.69) is 11.9 Å². The van der Waals surface area contributed by atoms with E-state index in [0.29, 0.717) is 5.92 Å². The van der Waals surface area contributed by atoms with Crippen LogP contribution in [0.5, 0.6) is 0 Å². The van der Waals surface area contributed by atoms with Gasteiger partial charge in [-0.25, -0.2) is 4.98 Å². The molecule has 1 aromatic rings. The van der Waals surface area contributed by atoms with E-state index >= 15 is 0 Å². The van der Waals surface area contributed by atoms with Gasteiger partial charge in [-0.15, -0.1) is 11.3 Å². The molecule has 72 valence electrons. The number of hydrogen-bond donors (Lipinski definition) is 1. The average molecular weight is 196 g/mol. The molecule has 0 aliphatic heterocycles. The second-order valence-corrected chi connectivity index (χ2v) is 4.86. The molecule has 0 aromatic carbocycles. The standard InChI is InChI=1S/C10H16N2S/c1-7-4-2-3-5-8(7)9-10(11)13-6-12-9/h6-8H,2-5,11H2,1H3. The van der Waals surface area contributed by atoms with Crippen LogP contribution in [0.25, 0.3) is 0 Å². The van der Waals surface area contributed by atoms with Crippen molar-refractivity contribution in [1.82, 2.24) is 4.98 Å². The van der Waals surface area contributed by atoms with Crippen molar-refractivity contribution in [3.05, 3.63) is 11.2 Å². The summed E-state index contributed by atoms with van der Waals surface area (Å²) in [5.74, 6) is 1.39. The summed E-state index contributed by atoms with van der Waals surface area (Å²) in [6.07, 6.45) is 5.32. The highest BCUT2D eigenvalue weighted by Gasteiger charge is 2.25. The first-order chi connectivity index (χ1) is 6.29. The van der Waals surface area contributed by atoms with E-state index in [0.717, 1.165) is 16.6 Å². The number of thiazole rings is 1. The first-order valence-corrected chi connectivity index (χ1v) is 5.86. The fourth-order valence-corrected chi connectivity index (χ4v) is 2.87. The quantitative estimate of drug-likeness (QED) is 0.750. The summed E-state index contributed by atoms with van der Waals surface area (Å²) in [6, 6.07) is 0. The van der Waals surface area contributed by atoms with Crippen LogP contribution in [0.3, 0.4) is 0 Å². The molecule has 2 unspecified atom stereocenters. The second kappa shape index (κ2) is 3.66. The van der Waals surface area contributed by atoms with Gasteiger partial charge in [0.1, 0.15) is 5.00 Å². The Morgan fingerprint density at radius 1 is 1.46 bits per heavy atom. The summed E-state index contributed by atoms with van der Waals surface area (Å²) in [5, 5.41) is 0.929. The third kappa shape index (κ3) is 1.70. The molecule has 2 N–H and O–H groups in total. The maximum absolute atomic E-state index is 5.89. The number of rotatable bonds is 1. The Hall–Kier alpha value is -0.570. The summed E-state index contributed by atoms with van der Waals surface area (Å²) in [5.41, 5.74) is 8.92. The van der Waals surface area contributed by atoms with E-state index in [1.54, 1.807) is 11.3 Å². The Balaban J connectivity index is 2.19. The summed E-state index contributed by atoms with van der Waals surface area (Å²) >= 11 is 1.57. The van der Waals surface area contributed by atoms with Gasteiger partial charge < -0.3 is 5.73 Å². The first-order valence-electron chi connectivity index (χ1n) is 4.98. The minimum atomic E-state index is 0.625. The van der Waals surface area contributed by atoms with Crippen molar-refractivity contribution in [3.8, 4) is 0 Å². The molecule has 0 amide bonds. The molecule has 1 saturated carbocycles. The maximum atomic E-state index is 5.89. The monoisotopic (exact) mass is 196 g/mol. The van der Waals surface area contributed by atoms with Crippen molar-refractivity contribution in [2.45, 2.75) is 38.5 Å². The molecule has 1 aromatic heterocycles. The topological polar surface area (TPSA) is 38.9 Å². The molecule has 0 spiro atoms. The summed E-state index contributed by atoms with van der Waals surface area (Å²) < 4.78 is 0. The van der Waals surface area contributed by atoms with Gasteiger partial charge in [0.25, 0.3) is 0 Å². The van der Waals surface area contributed by atoms with Gasteiger partial charge in [0, 0.05) is 5.92 Å². The largest absolute Gasteiger partial charge is 0.389 e. The lowest BCUT2D eigenvalue weighted by Crippen LogP contribution is -2.16.